The van der Waals surface area contributed by atoms with E-state index in [1.807, 2.05) is 39.8 Å². The number of aliphatic hydroxyl groups is 1. The first-order valence-electron chi connectivity index (χ1n) is 15.5. The highest BCUT2D eigenvalue weighted by atomic mass is 16.3. The van der Waals surface area contributed by atoms with Gasteiger partial charge in [-0.2, -0.15) is 0 Å². The average molecular weight is 580 g/mol. The molecule has 1 aliphatic carbocycles. The number of nitrogens with one attached hydrogen (secondary N) is 1. The first-order chi connectivity index (χ1) is 20.1. The molecule has 1 saturated carbocycles. The number of rotatable bonds is 15. The molecule has 42 heavy (non-hydrogen) atoms. The zero-order chi connectivity index (χ0) is 30.6. The Hall–Kier alpha value is -3.33. The first kappa shape index (κ1) is 33.2. The lowest BCUT2D eigenvalue weighted by Crippen LogP contribution is -2.54. The predicted molar refractivity (Wildman–Crippen MR) is 163 cm³/mol. The summed E-state index contributed by atoms with van der Waals surface area (Å²) in [6, 6.07) is 7.43. The number of hydrogen-bond acceptors (Lipinski definition) is 6. The van der Waals surface area contributed by atoms with Crippen molar-refractivity contribution in [3.8, 4) is 0 Å². The number of amides is 3. The summed E-state index contributed by atoms with van der Waals surface area (Å²) in [6.07, 6.45) is 10.9. The van der Waals surface area contributed by atoms with E-state index in [4.69, 9.17) is 5.73 Å². The Morgan fingerprint density at radius 1 is 1.05 bits per heavy atom. The van der Waals surface area contributed by atoms with Crippen LogP contribution in [0.25, 0.3) is 0 Å². The molecule has 2 aromatic heterocycles. The zero-order valence-electron chi connectivity index (χ0n) is 25.6. The summed E-state index contributed by atoms with van der Waals surface area (Å²) in [5.74, 6) is -1.56. The third kappa shape index (κ3) is 9.34. The van der Waals surface area contributed by atoms with E-state index < -0.39 is 30.0 Å². The molecule has 230 valence electrons. The number of pyridine rings is 2. The summed E-state index contributed by atoms with van der Waals surface area (Å²) in [4.78, 5) is 50.2. The zero-order valence-corrected chi connectivity index (χ0v) is 25.6. The summed E-state index contributed by atoms with van der Waals surface area (Å²) >= 11 is 0. The third-order valence-electron chi connectivity index (χ3n) is 8.80. The molecule has 0 radical (unpaired) electrons. The Balaban J connectivity index is 1.88. The van der Waals surface area contributed by atoms with Crippen molar-refractivity contribution in [2.75, 3.05) is 0 Å². The highest BCUT2D eigenvalue weighted by Crippen LogP contribution is 2.31. The molecule has 2 heterocycles. The van der Waals surface area contributed by atoms with Crippen LogP contribution < -0.4 is 11.1 Å². The van der Waals surface area contributed by atoms with Gasteiger partial charge in [-0.15, -0.1) is 0 Å². The normalized spacial score (nSPS) is 17.6. The van der Waals surface area contributed by atoms with E-state index in [2.05, 4.69) is 15.3 Å². The van der Waals surface area contributed by atoms with E-state index in [1.54, 1.807) is 41.7 Å². The molecular formula is C33H49N5O4. The van der Waals surface area contributed by atoms with Gasteiger partial charge in [0.1, 0.15) is 6.04 Å². The van der Waals surface area contributed by atoms with E-state index in [0.29, 0.717) is 30.0 Å². The summed E-state index contributed by atoms with van der Waals surface area (Å²) in [6.45, 7) is 7.92. The van der Waals surface area contributed by atoms with E-state index in [0.717, 1.165) is 25.7 Å². The van der Waals surface area contributed by atoms with Crippen molar-refractivity contribution in [3.63, 3.8) is 0 Å². The maximum atomic E-state index is 14.3. The number of hydrogen-bond donors (Lipinski definition) is 3. The Morgan fingerprint density at radius 2 is 1.74 bits per heavy atom. The highest BCUT2D eigenvalue weighted by Gasteiger charge is 2.39. The van der Waals surface area contributed by atoms with Crippen molar-refractivity contribution >= 4 is 17.7 Å². The van der Waals surface area contributed by atoms with Gasteiger partial charge >= 0.3 is 0 Å². The van der Waals surface area contributed by atoms with Crippen LogP contribution in [0, 0.1) is 23.7 Å². The van der Waals surface area contributed by atoms with Crippen LogP contribution in [-0.2, 0) is 16.1 Å². The van der Waals surface area contributed by atoms with Crippen LogP contribution in [0.15, 0.2) is 48.9 Å². The second-order valence-electron chi connectivity index (χ2n) is 12.2. The monoisotopic (exact) mass is 579 g/mol. The van der Waals surface area contributed by atoms with Gasteiger partial charge in [-0.25, -0.2) is 0 Å². The van der Waals surface area contributed by atoms with Crippen LogP contribution in [0.2, 0.25) is 0 Å². The van der Waals surface area contributed by atoms with Crippen LogP contribution in [-0.4, -0.2) is 55.9 Å². The summed E-state index contributed by atoms with van der Waals surface area (Å²) in [5.41, 5.74) is 7.02. The predicted octanol–water partition coefficient (Wildman–Crippen LogP) is 4.50. The van der Waals surface area contributed by atoms with Crippen molar-refractivity contribution in [2.24, 2.45) is 29.4 Å². The lowest BCUT2D eigenvalue weighted by Gasteiger charge is -2.38. The van der Waals surface area contributed by atoms with E-state index in [-0.39, 0.29) is 36.6 Å². The summed E-state index contributed by atoms with van der Waals surface area (Å²) in [5, 5.41) is 14.8. The Bertz CT molecular complexity index is 1120. The Kier molecular flexibility index (Phi) is 12.9. The van der Waals surface area contributed by atoms with Gasteiger partial charge in [0.25, 0.3) is 5.91 Å². The maximum Gasteiger partial charge on any atom is 0.251 e. The molecule has 0 aromatic carbocycles. The molecule has 0 unspecified atom stereocenters. The molecule has 0 bridgehead atoms. The van der Waals surface area contributed by atoms with Gasteiger partial charge in [0.15, 0.2) is 0 Å². The molecule has 2 aromatic rings. The minimum atomic E-state index is -0.957. The van der Waals surface area contributed by atoms with Crippen LogP contribution in [0.3, 0.4) is 0 Å². The van der Waals surface area contributed by atoms with Crippen molar-refractivity contribution in [2.45, 2.75) is 104 Å². The Morgan fingerprint density at radius 3 is 2.31 bits per heavy atom. The first-order valence-corrected chi connectivity index (χ1v) is 15.5. The SMILES string of the molecule is CC[C@H](C)[C@@H](C(N)=O)N(Cc1ccccn1)C(=O)[C@@H](C[C@H](O)[C@H](CC1CCCCC1)NC(=O)c1ccncc1)C(C)C. The molecule has 9 heteroatoms. The molecule has 3 rings (SSSR count). The third-order valence-corrected chi connectivity index (χ3v) is 8.80. The number of nitrogens with zero attached hydrogens (tertiary/aromatic N) is 3. The molecule has 5 atom stereocenters. The topological polar surface area (TPSA) is 139 Å². The number of aliphatic hydroxyl groups excluding tert-OH is 1. The maximum absolute atomic E-state index is 14.3. The Labute approximate surface area is 250 Å². The molecule has 3 amide bonds. The highest BCUT2D eigenvalue weighted by molar-refractivity contribution is 5.94. The number of primary amides is 1. The average Bonchev–Trinajstić information content (AvgIpc) is 2.99. The van der Waals surface area contributed by atoms with Gasteiger partial charge in [-0.1, -0.05) is 72.3 Å². The molecule has 4 N–H and O–H groups in total. The lowest BCUT2D eigenvalue weighted by molar-refractivity contribution is -0.147. The van der Waals surface area contributed by atoms with Gasteiger partial charge in [-0.05, 0) is 54.9 Å². The van der Waals surface area contributed by atoms with Crippen LogP contribution >= 0.6 is 0 Å². The second kappa shape index (κ2) is 16.3. The molecule has 0 spiro atoms. The fourth-order valence-electron chi connectivity index (χ4n) is 6.09. The number of nitrogens with two attached hydrogens (primary N) is 1. The summed E-state index contributed by atoms with van der Waals surface area (Å²) < 4.78 is 0. The molecular weight excluding hydrogens is 530 g/mol. The quantitative estimate of drug-likeness (QED) is 0.284. The largest absolute Gasteiger partial charge is 0.391 e. The van der Waals surface area contributed by atoms with Gasteiger partial charge in [0.2, 0.25) is 11.8 Å². The van der Waals surface area contributed by atoms with Gasteiger partial charge in [-0.3, -0.25) is 24.4 Å². The minimum absolute atomic E-state index is 0.130. The molecule has 0 saturated heterocycles. The van der Waals surface area contributed by atoms with E-state index in [1.165, 1.54) is 6.42 Å². The number of aromatic nitrogens is 2. The smallest absolute Gasteiger partial charge is 0.251 e. The van der Waals surface area contributed by atoms with Gasteiger partial charge < -0.3 is 21.1 Å². The molecule has 9 nitrogen and oxygen atoms in total. The van der Waals surface area contributed by atoms with E-state index in [9.17, 15) is 19.5 Å². The van der Waals surface area contributed by atoms with Crippen molar-refractivity contribution in [3.05, 3.63) is 60.2 Å². The van der Waals surface area contributed by atoms with Gasteiger partial charge in [0, 0.05) is 30.1 Å². The molecule has 0 aliphatic heterocycles. The number of carbonyl (C=O) groups excluding carboxylic acids is 3. The van der Waals surface area contributed by atoms with Crippen LogP contribution in [0.1, 0.15) is 95.1 Å². The molecule has 1 aliphatic rings. The standard InChI is InChI=1S/C33H49N5O4/c1-5-23(4)30(31(34)40)38(21-26-13-9-10-16-36-26)33(42)27(22(2)3)20-29(39)28(19-24-11-7-6-8-12-24)37-32(41)25-14-17-35-18-15-25/h9-10,13-18,22-24,27-30,39H,5-8,11-12,19-21H2,1-4H3,(H2,34,40)(H,37,41)/t23-,27-,28-,29-,30-/m0/s1. The van der Waals surface area contributed by atoms with Crippen molar-refractivity contribution < 1.29 is 19.5 Å². The fraction of sp³-hybridized carbons (Fsp3) is 0.606. The van der Waals surface area contributed by atoms with Crippen molar-refractivity contribution in [1.29, 1.82) is 0 Å². The minimum Gasteiger partial charge on any atom is -0.391 e. The number of carbonyl (C=O) groups is 3. The molecule has 1 fully saturated rings. The lowest BCUT2D eigenvalue weighted by atomic mass is 9.80. The summed E-state index contributed by atoms with van der Waals surface area (Å²) in [7, 11) is 0. The second-order valence-corrected chi connectivity index (χ2v) is 12.2. The van der Waals surface area contributed by atoms with Crippen LogP contribution in [0.4, 0.5) is 0 Å². The van der Waals surface area contributed by atoms with E-state index >= 15 is 0 Å². The fourth-order valence-corrected chi connectivity index (χ4v) is 6.09. The van der Waals surface area contributed by atoms with Gasteiger partial charge in [0.05, 0.1) is 24.4 Å². The van der Waals surface area contributed by atoms with Crippen molar-refractivity contribution in [1.82, 2.24) is 20.2 Å². The van der Waals surface area contributed by atoms with Crippen LogP contribution in [0.5, 0.6) is 0 Å².